The van der Waals surface area contributed by atoms with Crippen LogP contribution in [0.25, 0.3) is 11.3 Å². The summed E-state index contributed by atoms with van der Waals surface area (Å²) in [6, 6.07) is 5.73. The van der Waals surface area contributed by atoms with Crippen molar-refractivity contribution >= 4 is 17.3 Å². The van der Waals surface area contributed by atoms with Gasteiger partial charge in [-0.2, -0.15) is 11.3 Å². The maximum absolute atomic E-state index is 12.0. The van der Waals surface area contributed by atoms with Crippen LogP contribution in [0.4, 0.5) is 0 Å². The van der Waals surface area contributed by atoms with Crippen LogP contribution in [0.5, 0.6) is 0 Å². The number of carbonyl (C=O) groups is 1. The summed E-state index contributed by atoms with van der Waals surface area (Å²) in [5, 5.41) is 4.08. The third-order valence-corrected chi connectivity index (χ3v) is 3.60. The smallest absolute Gasteiger partial charge is 0.340 e. The first-order valence-electron chi connectivity index (χ1n) is 6.64. The molecular weight excluding hydrogens is 270 g/mol. The van der Waals surface area contributed by atoms with Gasteiger partial charge in [-0.1, -0.05) is 20.8 Å². The summed E-state index contributed by atoms with van der Waals surface area (Å²) >= 11 is 1.63. The number of aromatic nitrogens is 1. The Morgan fingerprint density at radius 3 is 2.60 bits per heavy atom. The second-order valence-corrected chi connectivity index (χ2v) is 6.36. The number of nitrogens with zero attached hydrogens (tertiary/aromatic N) is 1. The van der Waals surface area contributed by atoms with Gasteiger partial charge in [-0.05, 0) is 30.5 Å². The molecule has 0 bridgehead atoms. The third-order valence-electron chi connectivity index (χ3n) is 2.92. The van der Waals surface area contributed by atoms with Gasteiger partial charge in [0.25, 0.3) is 0 Å². The van der Waals surface area contributed by atoms with Crippen molar-refractivity contribution < 1.29 is 9.53 Å². The minimum atomic E-state index is -0.304. The molecule has 0 saturated heterocycles. The van der Waals surface area contributed by atoms with Crippen LogP contribution in [-0.2, 0) is 10.2 Å². The Balaban J connectivity index is 2.52. The molecule has 2 aromatic heterocycles. The Labute approximate surface area is 123 Å². The van der Waals surface area contributed by atoms with Gasteiger partial charge >= 0.3 is 5.97 Å². The highest BCUT2D eigenvalue weighted by molar-refractivity contribution is 7.08. The molecule has 0 aliphatic heterocycles. The number of carbonyl (C=O) groups excluding carboxylic acids is 1. The zero-order chi connectivity index (χ0) is 14.8. The highest BCUT2D eigenvalue weighted by atomic mass is 32.1. The standard InChI is InChI=1S/C16H19NO2S/c1-5-19-15(18)12-6-7-13(11-8-9-20-10-11)17-14(12)16(2,3)4/h6-10H,5H2,1-4H3. The highest BCUT2D eigenvalue weighted by Gasteiger charge is 2.25. The molecule has 0 aromatic carbocycles. The normalized spacial score (nSPS) is 11.4. The van der Waals surface area contributed by atoms with Crippen LogP contribution in [0, 0.1) is 0 Å². The number of pyridine rings is 1. The van der Waals surface area contributed by atoms with Crippen LogP contribution in [0.1, 0.15) is 43.7 Å². The quantitative estimate of drug-likeness (QED) is 0.791. The van der Waals surface area contributed by atoms with E-state index in [4.69, 9.17) is 9.72 Å². The van der Waals surface area contributed by atoms with Crippen molar-refractivity contribution in [2.75, 3.05) is 6.61 Å². The fourth-order valence-electron chi connectivity index (χ4n) is 1.98. The molecule has 2 aromatic rings. The summed E-state index contributed by atoms with van der Waals surface area (Å²) in [6.07, 6.45) is 0. The average Bonchev–Trinajstić information content (AvgIpc) is 2.91. The molecule has 0 fully saturated rings. The van der Waals surface area contributed by atoms with Crippen molar-refractivity contribution in [1.29, 1.82) is 0 Å². The van der Waals surface area contributed by atoms with Crippen molar-refractivity contribution in [3.05, 3.63) is 40.2 Å². The molecule has 106 valence electrons. The summed E-state index contributed by atoms with van der Waals surface area (Å²) in [5.74, 6) is -0.304. The Bertz CT molecular complexity index is 597. The van der Waals surface area contributed by atoms with E-state index < -0.39 is 0 Å². The second kappa shape index (κ2) is 5.75. The van der Waals surface area contributed by atoms with Gasteiger partial charge in [-0.15, -0.1) is 0 Å². The fraction of sp³-hybridized carbons (Fsp3) is 0.375. The number of ether oxygens (including phenoxy) is 1. The summed E-state index contributed by atoms with van der Waals surface area (Å²) < 4.78 is 5.12. The van der Waals surface area contributed by atoms with Gasteiger partial charge in [0.15, 0.2) is 0 Å². The molecular formula is C16H19NO2S. The molecule has 0 aliphatic rings. The Morgan fingerprint density at radius 2 is 2.05 bits per heavy atom. The van der Waals surface area contributed by atoms with Crippen molar-refractivity contribution in [3.8, 4) is 11.3 Å². The van der Waals surface area contributed by atoms with Gasteiger partial charge in [-0.3, -0.25) is 4.98 Å². The van der Waals surface area contributed by atoms with E-state index in [0.29, 0.717) is 12.2 Å². The average molecular weight is 289 g/mol. The molecule has 2 heterocycles. The molecule has 20 heavy (non-hydrogen) atoms. The number of hydrogen-bond donors (Lipinski definition) is 0. The predicted octanol–water partition coefficient (Wildman–Crippen LogP) is 4.28. The minimum absolute atomic E-state index is 0.214. The van der Waals surface area contributed by atoms with Crippen LogP contribution >= 0.6 is 11.3 Å². The molecule has 4 heteroatoms. The van der Waals surface area contributed by atoms with E-state index in [9.17, 15) is 4.79 Å². The molecule has 0 saturated carbocycles. The van der Waals surface area contributed by atoms with E-state index in [1.54, 1.807) is 11.3 Å². The van der Waals surface area contributed by atoms with Crippen molar-refractivity contribution in [2.24, 2.45) is 0 Å². The van der Waals surface area contributed by atoms with Gasteiger partial charge in [0.1, 0.15) is 0 Å². The number of hydrogen-bond acceptors (Lipinski definition) is 4. The van der Waals surface area contributed by atoms with Crippen molar-refractivity contribution in [3.63, 3.8) is 0 Å². The number of thiophene rings is 1. The van der Waals surface area contributed by atoms with Crippen LogP contribution in [0.15, 0.2) is 29.0 Å². The molecule has 0 aliphatic carbocycles. The van der Waals surface area contributed by atoms with Crippen LogP contribution in [0.2, 0.25) is 0 Å². The first-order valence-corrected chi connectivity index (χ1v) is 7.59. The SMILES string of the molecule is CCOC(=O)c1ccc(-c2ccsc2)nc1C(C)(C)C. The van der Waals surface area contributed by atoms with Gasteiger partial charge in [0.05, 0.1) is 23.6 Å². The lowest BCUT2D eigenvalue weighted by Crippen LogP contribution is -2.20. The first kappa shape index (κ1) is 14.7. The monoisotopic (exact) mass is 289 g/mol. The summed E-state index contributed by atoms with van der Waals surface area (Å²) in [7, 11) is 0. The Kier molecular flexibility index (Phi) is 4.23. The molecule has 2 rings (SSSR count). The zero-order valence-corrected chi connectivity index (χ0v) is 13.1. The Morgan fingerprint density at radius 1 is 1.30 bits per heavy atom. The van der Waals surface area contributed by atoms with Crippen molar-refractivity contribution in [2.45, 2.75) is 33.1 Å². The summed E-state index contributed by atoms with van der Waals surface area (Å²) in [6.45, 7) is 8.33. The third kappa shape index (κ3) is 3.07. The van der Waals surface area contributed by atoms with Crippen molar-refractivity contribution in [1.82, 2.24) is 4.98 Å². The summed E-state index contributed by atoms with van der Waals surface area (Å²) in [4.78, 5) is 16.7. The molecule has 0 atom stereocenters. The first-order chi connectivity index (χ1) is 9.43. The van der Waals surface area contributed by atoms with Gasteiger partial charge in [0, 0.05) is 16.4 Å². The summed E-state index contributed by atoms with van der Waals surface area (Å²) in [5.41, 5.74) is 3.09. The van der Waals surface area contributed by atoms with Gasteiger partial charge < -0.3 is 4.74 Å². The number of esters is 1. The lowest BCUT2D eigenvalue weighted by Gasteiger charge is -2.21. The molecule has 0 spiro atoms. The van der Waals surface area contributed by atoms with Crippen LogP contribution < -0.4 is 0 Å². The second-order valence-electron chi connectivity index (χ2n) is 5.58. The number of rotatable bonds is 3. The molecule has 3 nitrogen and oxygen atoms in total. The highest BCUT2D eigenvalue weighted by Crippen LogP contribution is 2.28. The van der Waals surface area contributed by atoms with E-state index in [1.165, 1.54) is 0 Å². The lowest BCUT2D eigenvalue weighted by atomic mass is 9.88. The van der Waals surface area contributed by atoms with E-state index in [0.717, 1.165) is 17.0 Å². The van der Waals surface area contributed by atoms with E-state index in [-0.39, 0.29) is 11.4 Å². The van der Waals surface area contributed by atoms with Gasteiger partial charge in [-0.25, -0.2) is 4.79 Å². The largest absolute Gasteiger partial charge is 0.462 e. The topological polar surface area (TPSA) is 39.2 Å². The molecule has 0 unspecified atom stereocenters. The van der Waals surface area contributed by atoms with E-state index >= 15 is 0 Å². The van der Waals surface area contributed by atoms with E-state index in [1.807, 2.05) is 30.5 Å². The predicted molar refractivity (Wildman–Crippen MR) is 82.2 cm³/mol. The minimum Gasteiger partial charge on any atom is -0.462 e. The van der Waals surface area contributed by atoms with Crippen LogP contribution in [-0.4, -0.2) is 17.6 Å². The zero-order valence-electron chi connectivity index (χ0n) is 12.3. The van der Waals surface area contributed by atoms with Gasteiger partial charge in [0.2, 0.25) is 0 Å². The Hall–Kier alpha value is -1.68. The molecule has 0 N–H and O–H groups in total. The fourth-order valence-corrected chi connectivity index (χ4v) is 2.63. The maximum Gasteiger partial charge on any atom is 0.340 e. The molecule has 0 radical (unpaired) electrons. The van der Waals surface area contributed by atoms with E-state index in [2.05, 4.69) is 26.2 Å². The maximum atomic E-state index is 12.0. The lowest BCUT2D eigenvalue weighted by molar-refractivity contribution is 0.0523. The molecule has 0 amide bonds. The van der Waals surface area contributed by atoms with Crippen LogP contribution in [0.3, 0.4) is 0 Å².